The van der Waals surface area contributed by atoms with Crippen molar-refractivity contribution < 1.29 is 8.78 Å². The third kappa shape index (κ3) is 4.16. The third-order valence-electron chi connectivity index (χ3n) is 3.98. The molecule has 1 N–H and O–H groups in total. The summed E-state index contributed by atoms with van der Waals surface area (Å²) in [6.45, 7) is 10.2. The van der Waals surface area contributed by atoms with Crippen LogP contribution in [0.15, 0.2) is 12.1 Å². The van der Waals surface area contributed by atoms with E-state index in [-0.39, 0.29) is 5.69 Å². The average molecular weight is 296 g/mol. The number of nitrogens with zero attached hydrogens (tertiary/aromatic N) is 1. The minimum Gasteiger partial charge on any atom is -0.366 e. The molecule has 0 spiro atoms. The highest BCUT2D eigenvalue weighted by Gasteiger charge is 2.26. The van der Waals surface area contributed by atoms with Crippen molar-refractivity contribution in [1.82, 2.24) is 5.32 Å². The van der Waals surface area contributed by atoms with Crippen LogP contribution in [0.3, 0.4) is 0 Å². The van der Waals surface area contributed by atoms with Gasteiger partial charge in [-0.05, 0) is 36.0 Å². The van der Waals surface area contributed by atoms with E-state index >= 15 is 0 Å². The van der Waals surface area contributed by atoms with Crippen molar-refractivity contribution in [3.05, 3.63) is 29.3 Å². The molecule has 2 rings (SSSR count). The maximum Gasteiger partial charge on any atom is 0.149 e. The first-order valence-corrected chi connectivity index (χ1v) is 7.83. The zero-order valence-corrected chi connectivity index (χ0v) is 13.4. The first kappa shape index (κ1) is 16.2. The molecule has 0 saturated carbocycles. The largest absolute Gasteiger partial charge is 0.366 e. The van der Waals surface area contributed by atoms with E-state index < -0.39 is 11.6 Å². The molecule has 0 radical (unpaired) electrons. The summed E-state index contributed by atoms with van der Waals surface area (Å²) in [6.07, 6.45) is 1.12. The number of benzene rings is 1. The van der Waals surface area contributed by atoms with Crippen LogP contribution in [0.1, 0.15) is 39.7 Å². The molecule has 2 atom stereocenters. The van der Waals surface area contributed by atoms with Crippen LogP contribution in [0.25, 0.3) is 0 Å². The minimum atomic E-state index is -0.447. The second kappa shape index (κ2) is 6.73. The highest BCUT2D eigenvalue weighted by molar-refractivity contribution is 5.51. The number of anilines is 1. The fourth-order valence-corrected chi connectivity index (χ4v) is 3.19. The van der Waals surface area contributed by atoms with Crippen molar-refractivity contribution in [1.29, 1.82) is 0 Å². The molecule has 0 bridgehead atoms. The monoisotopic (exact) mass is 296 g/mol. The number of nitrogens with one attached hydrogen (secondary N) is 1. The molecule has 1 aromatic carbocycles. The van der Waals surface area contributed by atoms with E-state index in [1.807, 2.05) is 18.7 Å². The lowest BCUT2D eigenvalue weighted by molar-refractivity contribution is 0.351. The average Bonchev–Trinajstić information content (AvgIpc) is 2.34. The molecule has 1 aromatic rings. The summed E-state index contributed by atoms with van der Waals surface area (Å²) in [7, 11) is 0. The van der Waals surface area contributed by atoms with Gasteiger partial charge < -0.3 is 10.2 Å². The van der Waals surface area contributed by atoms with Gasteiger partial charge in [-0.25, -0.2) is 8.78 Å². The molecule has 0 aliphatic carbocycles. The predicted molar refractivity (Wildman–Crippen MR) is 83.5 cm³/mol. The maximum atomic E-state index is 14.4. The fraction of sp³-hybridized carbons (Fsp3) is 0.647. The summed E-state index contributed by atoms with van der Waals surface area (Å²) in [6, 6.07) is 3.20. The van der Waals surface area contributed by atoms with Crippen LogP contribution in [0.2, 0.25) is 0 Å². The summed E-state index contributed by atoms with van der Waals surface area (Å²) < 4.78 is 28.7. The van der Waals surface area contributed by atoms with Gasteiger partial charge >= 0.3 is 0 Å². The zero-order valence-electron chi connectivity index (χ0n) is 13.4. The molecule has 0 amide bonds. The standard InChI is InChI=1S/C17H26F2N2/c1-11(2)20-8-14-6-15(18)17(16(19)7-14)21-9-12(3)5-13(4)10-21/h6-7,11-13,20H,5,8-10H2,1-4H3. The quantitative estimate of drug-likeness (QED) is 0.905. The number of halogens is 2. The van der Waals surface area contributed by atoms with E-state index in [4.69, 9.17) is 0 Å². The Morgan fingerprint density at radius 1 is 1.14 bits per heavy atom. The van der Waals surface area contributed by atoms with Gasteiger partial charge in [-0.1, -0.05) is 27.7 Å². The summed E-state index contributed by atoms with van der Waals surface area (Å²) in [5, 5.41) is 3.18. The van der Waals surface area contributed by atoms with Gasteiger partial charge in [-0.3, -0.25) is 0 Å². The van der Waals surface area contributed by atoms with Crippen LogP contribution >= 0.6 is 0 Å². The molecular weight excluding hydrogens is 270 g/mol. The molecule has 4 heteroatoms. The zero-order chi connectivity index (χ0) is 15.6. The van der Waals surface area contributed by atoms with Crippen molar-refractivity contribution in [3.63, 3.8) is 0 Å². The van der Waals surface area contributed by atoms with E-state index in [1.54, 1.807) is 0 Å². The fourth-order valence-electron chi connectivity index (χ4n) is 3.19. The van der Waals surface area contributed by atoms with Crippen LogP contribution in [-0.2, 0) is 6.54 Å². The highest BCUT2D eigenvalue weighted by Crippen LogP contribution is 2.31. The van der Waals surface area contributed by atoms with Crippen molar-refractivity contribution in [2.24, 2.45) is 11.8 Å². The summed E-state index contributed by atoms with van der Waals surface area (Å²) >= 11 is 0. The smallest absolute Gasteiger partial charge is 0.149 e. The van der Waals surface area contributed by atoms with E-state index in [0.29, 0.717) is 30.0 Å². The van der Waals surface area contributed by atoms with Gasteiger partial charge in [0.25, 0.3) is 0 Å². The van der Waals surface area contributed by atoms with Crippen LogP contribution < -0.4 is 10.2 Å². The maximum absolute atomic E-state index is 14.4. The number of piperidine rings is 1. The highest BCUT2D eigenvalue weighted by atomic mass is 19.1. The van der Waals surface area contributed by atoms with Crippen LogP contribution in [0.4, 0.5) is 14.5 Å². The Hall–Kier alpha value is -1.16. The van der Waals surface area contributed by atoms with E-state index in [0.717, 1.165) is 19.5 Å². The molecule has 21 heavy (non-hydrogen) atoms. The second-order valence-electron chi connectivity index (χ2n) is 6.79. The lowest BCUT2D eigenvalue weighted by atomic mass is 9.91. The van der Waals surface area contributed by atoms with Crippen LogP contribution in [0.5, 0.6) is 0 Å². The first-order valence-electron chi connectivity index (χ1n) is 7.83. The molecule has 1 heterocycles. The van der Waals surface area contributed by atoms with Gasteiger partial charge in [0, 0.05) is 25.7 Å². The number of hydrogen-bond acceptors (Lipinski definition) is 2. The number of rotatable bonds is 4. The van der Waals surface area contributed by atoms with E-state index in [9.17, 15) is 8.78 Å². The minimum absolute atomic E-state index is 0.140. The van der Waals surface area contributed by atoms with Gasteiger partial charge in [0.2, 0.25) is 0 Å². The summed E-state index contributed by atoms with van der Waals surface area (Å²) in [5.41, 5.74) is 0.794. The Morgan fingerprint density at radius 2 is 1.67 bits per heavy atom. The predicted octanol–water partition coefficient (Wildman–Crippen LogP) is 3.95. The molecule has 1 aliphatic rings. The Labute approximate surface area is 126 Å². The van der Waals surface area contributed by atoms with Crippen molar-refractivity contribution in [2.45, 2.75) is 46.7 Å². The molecule has 2 unspecified atom stereocenters. The molecule has 1 saturated heterocycles. The van der Waals surface area contributed by atoms with E-state index in [1.165, 1.54) is 12.1 Å². The SMILES string of the molecule is CC1CC(C)CN(c2c(F)cc(CNC(C)C)cc2F)C1. The van der Waals surface area contributed by atoms with Crippen molar-refractivity contribution >= 4 is 5.69 Å². The molecule has 2 nitrogen and oxygen atoms in total. The van der Waals surface area contributed by atoms with Crippen LogP contribution in [0, 0.1) is 23.5 Å². The van der Waals surface area contributed by atoms with Gasteiger partial charge in [-0.15, -0.1) is 0 Å². The van der Waals surface area contributed by atoms with Crippen molar-refractivity contribution in [2.75, 3.05) is 18.0 Å². The van der Waals surface area contributed by atoms with Gasteiger partial charge in [0.1, 0.15) is 17.3 Å². The lowest BCUT2D eigenvalue weighted by Crippen LogP contribution is -2.39. The normalized spacial score (nSPS) is 22.9. The van der Waals surface area contributed by atoms with E-state index in [2.05, 4.69) is 19.2 Å². The molecule has 1 fully saturated rings. The molecule has 118 valence electrons. The summed E-state index contributed by atoms with van der Waals surface area (Å²) in [4.78, 5) is 1.86. The topological polar surface area (TPSA) is 15.3 Å². The number of hydrogen-bond donors (Lipinski definition) is 1. The Balaban J connectivity index is 2.20. The Kier molecular flexibility index (Phi) is 5.20. The first-order chi connectivity index (χ1) is 9.86. The molecule has 1 aliphatic heterocycles. The molecule has 0 aromatic heterocycles. The van der Waals surface area contributed by atoms with Crippen molar-refractivity contribution in [3.8, 4) is 0 Å². The van der Waals surface area contributed by atoms with Gasteiger partial charge in [0.05, 0.1) is 0 Å². The van der Waals surface area contributed by atoms with Crippen LogP contribution in [-0.4, -0.2) is 19.1 Å². The summed E-state index contributed by atoms with van der Waals surface area (Å²) in [5.74, 6) is 0.0402. The third-order valence-corrected chi connectivity index (χ3v) is 3.98. The van der Waals surface area contributed by atoms with Gasteiger partial charge in [0.15, 0.2) is 0 Å². The van der Waals surface area contributed by atoms with Gasteiger partial charge in [-0.2, -0.15) is 0 Å². The lowest BCUT2D eigenvalue weighted by Gasteiger charge is -2.37. The second-order valence-corrected chi connectivity index (χ2v) is 6.79. The Morgan fingerprint density at radius 3 is 2.14 bits per heavy atom. The molecular formula is C17H26F2N2. The Bertz CT molecular complexity index is 455.